The molecule has 0 saturated carbocycles. The van der Waals surface area contributed by atoms with Crippen LogP contribution < -0.4 is 5.32 Å². The Balaban J connectivity index is 1.19. The second kappa shape index (κ2) is 9.50. The van der Waals surface area contributed by atoms with E-state index in [4.69, 9.17) is 4.42 Å². The molecule has 2 aliphatic rings. The van der Waals surface area contributed by atoms with Gasteiger partial charge in [0.1, 0.15) is 5.76 Å². The topological polar surface area (TPSA) is 48.7 Å². The minimum Gasteiger partial charge on any atom is -0.468 e. The van der Waals surface area contributed by atoms with E-state index in [0.717, 1.165) is 82.9 Å². The van der Waals surface area contributed by atoms with Gasteiger partial charge < -0.3 is 14.6 Å². The van der Waals surface area contributed by atoms with Crippen LogP contribution in [-0.4, -0.2) is 61.4 Å². The van der Waals surface area contributed by atoms with Crippen LogP contribution >= 0.6 is 0 Å². The molecule has 2 aromatic rings. The summed E-state index contributed by atoms with van der Waals surface area (Å²) in [5.41, 5.74) is 3.64. The van der Waals surface area contributed by atoms with Crippen molar-refractivity contribution in [3.8, 4) is 0 Å². The minimum atomic E-state index is 0.288. The Hall–Kier alpha value is -1.95. The summed E-state index contributed by atoms with van der Waals surface area (Å²) in [6.07, 6.45) is 5.41. The van der Waals surface area contributed by atoms with Gasteiger partial charge in [0.15, 0.2) is 5.78 Å². The highest BCUT2D eigenvalue weighted by atomic mass is 16.3. The van der Waals surface area contributed by atoms with Gasteiger partial charge in [-0.1, -0.05) is 12.1 Å². The highest BCUT2D eigenvalue weighted by Crippen LogP contribution is 2.17. The molecular formula is C23H31N3O2. The van der Waals surface area contributed by atoms with Crippen LogP contribution in [0, 0.1) is 0 Å². The predicted octanol–water partition coefficient (Wildman–Crippen LogP) is 2.75. The highest BCUT2D eigenvalue weighted by Gasteiger charge is 2.18. The van der Waals surface area contributed by atoms with Gasteiger partial charge in [-0.05, 0) is 68.2 Å². The van der Waals surface area contributed by atoms with Gasteiger partial charge >= 0.3 is 0 Å². The number of nitrogens with one attached hydrogen (secondary N) is 1. The van der Waals surface area contributed by atoms with Gasteiger partial charge in [0.25, 0.3) is 0 Å². The maximum absolute atomic E-state index is 12.6. The Morgan fingerprint density at radius 2 is 1.79 bits per heavy atom. The number of benzene rings is 1. The van der Waals surface area contributed by atoms with E-state index in [1.54, 1.807) is 6.26 Å². The van der Waals surface area contributed by atoms with E-state index in [1.165, 1.54) is 11.1 Å². The zero-order valence-electron chi connectivity index (χ0n) is 16.7. The second-order valence-electron chi connectivity index (χ2n) is 7.96. The van der Waals surface area contributed by atoms with Crippen molar-refractivity contribution in [2.75, 3.05) is 45.8 Å². The zero-order valence-corrected chi connectivity index (χ0v) is 16.7. The quantitative estimate of drug-likeness (QED) is 0.748. The Kier molecular flexibility index (Phi) is 6.57. The Morgan fingerprint density at radius 3 is 2.57 bits per heavy atom. The van der Waals surface area contributed by atoms with E-state index in [0.29, 0.717) is 6.42 Å². The van der Waals surface area contributed by atoms with Gasteiger partial charge in [0.05, 0.1) is 12.8 Å². The number of fused-ring (bicyclic) bond motifs is 1. The lowest BCUT2D eigenvalue weighted by Crippen LogP contribution is -2.46. The first-order valence-electron chi connectivity index (χ1n) is 10.6. The number of Topliss-reactive ketones (excluding diaryl/α,β-unsaturated/α-hetero) is 1. The first-order chi connectivity index (χ1) is 13.8. The van der Waals surface area contributed by atoms with E-state index in [1.807, 2.05) is 18.2 Å². The third-order valence-electron chi connectivity index (χ3n) is 5.97. The van der Waals surface area contributed by atoms with Crippen LogP contribution in [0.15, 0.2) is 41.0 Å². The molecule has 0 unspecified atom stereocenters. The average Bonchev–Trinajstić information content (AvgIpc) is 3.11. The Morgan fingerprint density at radius 1 is 1.00 bits per heavy atom. The molecule has 1 aromatic heterocycles. The maximum Gasteiger partial charge on any atom is 0.162 e. The van der Waals surface area contributed by atoms with Crippen LogP contribution in [0.4, 0.5) is 0 Å². The van der Waals surface area contributed by atoms with Crippen molar-refractivity contribution in [1.29, 1.82) is 0 Å². The van der Waals surface area contributed by atoms with Gasteiger partial charge in [-0.3, -0.25) is 9.69 Å². The van der Waals surface area contributed by atoms with E-state index < -0.39 is 0 Å². The van der Waals surface area contributed by atoms with Crippen LogP contribution in [0.5, 0.6) is 0 Å². The molecule has 0 atom stereocenters. The summed E-state index contributed by atoms with van der Waals surface area (Å²) >= 11 is 0. The van der Waals surface area contributed by atoms with Gasteiger partial charge in [-0.15, -0.1) is 0 Å². The lowest BCUT2D eigenvalue weighted by Gasteiger charge is -2.34. The summed E-state index contributed by atoms with van der Waals surface area (Å²) in [4.78, 5) is 17.6. The van der Waals surface area contributed by atoms with Crippen molar-refractivity contribution in [2.24, 2.45) is 0 Å². The number of furan rings is 1. The monoisotopic (exact) mass is 381 g/mol. The second-order valence-corrected chi connectivity index (χ2v) is 7.96. The molecule has 2 aliphatic heterocycles. The van der Waals surface area contributed by atoms with Crippen LogP contribution in [-0.2, 0) is 19.4 Å². The molecule has 1 fully saturated rings. The molecule has 0 spiro atoms. The maximum atomic E-state index is 12.6. The molecule has 3 heterocycles. The van der Waals surface area contributed by atoms with Crippen LogP contribution in [0.2, 0.25) is 0 Å². The van der Waals surface area contributed by atoms with Crippen molar-refractivity contribution in [1.82, 2.24) is 15.1 Å². The van der Waals surface area contributed by atoms with Crippen LogP contribution in [0.25, 0.3) is 0 Å². The molecule has 0 radical (unpaired) electrons. The molecule has 4 rings (SSSR count). The van der Waals surface area contributed by atoms with E-state index >= 15 is 0 Å². The largest absolute Gasteiger partial charge is 0.468 e. The fourth-order valence-corrected chi connectivity index (χ4v) is 4.25. The lowest BCUT2D eigenvalue weighted by molar-refractivity contribution is 0.0955. The molecule has 150 valence electrons. The summed E-state index contributed by atoms with van der Waals surface area (Å²) in [6, 6.07) is 10.3. The molecule has 0 aliphatic carbocycles. The molecule has 1 saturated heterocycles. The van der Waals surface area contributed by atoms with Gasteiger partial charge in [-0.2, -0.15) is 0 Å². The fraction of sp³-hybridized carbons (Fsp3) is 0.522. The number of piperazine rings is 1. The van der Waals surface area contributed by atoms with E-state index in [2.05, 4.69) is 27.2 Å². The number of ketones is 1. The lowest BCUT2D eigenvalue weighted by atomic mass is 9.97. The third-order valence-corrected chi connectivity index (χ3v) is 5.97. The highest BCUT2D eigenvalue weighted by molar-refractivity contribution is 5.96. The average molecular weight is 382 g/mol. The number of hydrogen-bond donors (Lipinski definition) is 1. The summed E-state index contributed by atoms with van der Waals surface area (Å²) < 4.78 is 5.44. The first-order valence-corrected chi connectivity index (χ1v) is 10.6. The minimum absolute atomic E-state index is 0.288. The summed E-state index contributed by atoms with van der Waals surface area (Å²) in [5, 5.41) is 3.43. The van der Waals surface area contributed by atoms with E-state index in [9.17, 15) is 4.79 Å². The molecule has 5 nitrogen and oxygen atoms in total. The zero-order chi connectivity index (χ0) is 19.2. The predicted molar refractivity (Wildman–Crippen MR) is 111 cm³/mol. The summed E-state index contributed by atoms with van der Waals surface area (Å²) in [6.45, 7) is 8.22. The third kappa shape index (κ3) is 5.10. The molecule has 1 aromatic carbocycles. The number of nitrogens with zero attached hydrogens (tertiary/aromatic N) is 2. The molecular weight excluding hydrogens is 350 g/mol. The van der Waals surface area contributed by atoms with Gasteiger partial charge in [-0.25, -0.2) is 0 Å². The standard InChI is InChI=1S/C23H31N3O2/c27-23(21-6-5-19-7-9-24-10-8-20(19)17-21)4-1-11-25-12-14-26(15-13-25)18-22-3-2-16-28-22/h2-3,5-6,16-17,24H,1,4,7-15,18H2. The summed E-state index contributed by atoms with van der Waals surface area (Å²) in [7, 11) is 0. The van der Waals surface area contributed by atoms with Gasteiger partial charge in [0, 0.05) is 38.2 Å². The van der Waals surface area contributed by atoms with Crippen LogP contribution in [0.3, 0.4) is 0 Å². The molecule has 0 bridgehead atoms. The molecule has 1 N–H and O–H groups in total. The Labute approximate surface area is 167 Å². The fourth-order valence-electron chi connectivity index (χ4n) is 4.25. The van der Waals surface area contributed by atoms with Gasteiger partial charge in [0.2, 0.25) is 0 Å². The normalized spacial score (nSPS) is 18.6. The van der Waals surface area contributed by atoms with Crippen molar-refractivity contribution in [3.05, 3.63) is 59.0 Å². The smallest absolute Gasteiger partial charge is 0.162 e. The molecule has 0 amide bonds. The van der Waals surface area contributed by atoms with Crippen molar-refractivity contribution in [3.63, 3.8) is 0 Å². The number of rotatable bonds is 7. The van der Waals surface area contributed by atoms with Crippen molar-refractivity contribution in [2.45, 2.75) is 32.2 Å². The number of hydrogen-bond acceptors (Lipinski definition) is 5. The van der Waals surface area contributed by atoms with Crippen LogP contribution in [0.1, 0.15) is 40.1 Å². The molecule has 5 heteroatoms. The van der Waals surface area contributed by atoms with E-state index in [-0.39, 0.29) is 5.78 Å². The van der Waals surface area contributed by atoms with Crippen molar-refractivity contribution < 1.29 is 9.21 Å². The number of carbonyl (C=O) groups excluding carboxylic acids is 1. The molecule has 28 heavy (non-hydrogen) atoms. The first kappa shape index (κ1) is 19.4. The Bertz CT molecular complexity index is 764. The summed E-state index contributed by atoms with van der Waals surface area (Å²) in [5.74, 6) is 1.33. The number of carbonyl (C=O) groups is 1. The SMILES string of the molecule is O=C(CCCN1CCN(Cc2ccco2)CC1)c1ccc2c(c1)CCNCC2. The van der Waals surface area contributed by atoms with Crippen molar-refractivity contribution >= 4 is 5.78 Å².